The minimum Gasteiger partial charge on any atom is -0.351 e. The van der Waals surface area contributed by atoms with Gasteiger partial charge < -0.3 is 5.32 Å². The Hall–Kier alpha value is -2.52. The SMILES string of the molecule is O=C(CN(c1ccc(Cl)c(C(F)(F)F)c1)S(=O)(=O)c1ccccc1)NCC1=CCCCC1. The second kappa shape index (κ2) is 9.95. The molecule has 0 heterocycles. The monoisotopic (exact) mass is 486 g/mol. The van der Waals surface area contributed by atoms with Crippen molar-refractivity contribution in [3.05, 3.63) is 70.8 Å². The van der Waals surface area contributed by atoms with E-state index in [1.807, 2.05) is 6.08 Å². The minimum atomic E-state index is -4.79. The molecular formula is C22H22ClF3N2O3S. The summed E-state index contributed by atoms with van der Waals surface area (Å²) in [7, 11) is -4.32. The first-order valence-electron chi connectivity index (χ1n) is 9.98. The third kappa shape index (κ3) is 5.83. The minimum absolute atomic E-state index is 0.147. The number of carbonyl (C=O) groups is 1. The van der Waals surface area contributed by atoms with Gasteiger partial charge in [0.15, 0.2) is 0 Å². The van der Waals surface area contributed by atoms with Gasteiger partial charge in [0.05, 0.1) is 21.2 Å². The highest BCUT2D eigenvalue weighted by Crippen LogP contribution is 2.38. The Kier molecular flexibility index (Phi) is 7.51. The summed E-state index contributed by atoms with van der Waals surface area (Å²) < 4.78 is 67.2. The zero-order valence-corrected chi connectivity index (χ0v) is 18.6. The van der Waals surface area contributed by atoms with Gasteiger partial charge in [0.25, 0.3) is 10.0 Å². The molecule has 1 aliphatic rings. The van der Waals surface area contributed by atoms with E-state index in [0.717, 1.165) is 43.4 Å². The fraction of sp³-hybridized carbons (Fsp3) is 0.318. The maximum Gasteiger partial charge on any atom is 0.417 e. The van der Waals surface area contributed by atoms with Crippen LogP contribution in [0.2, 0.25) is 5.02 Å². The van der Waals surface area contributed by atoms with Crippen molar-refractivity contribution in [1.82, 2.24) is 5.32 Å². The van der Waals surface area contributed by atoms with Crippen LogP contribution in [0.25, 0.3) is 0 Å². The molecule has 0 atom stereocenters. The van der Waals surface area contributed by atoms with Crippen LogP contribution < -0.4 is 9.62 Å². The summed E-state index contributed by atoms with van der Waals surface area (Å²) >= 11 is 5.68. The van der Waals surface area contributed by atoms with Gasteiger partial charge in [-0.25, -0.2) is 8.42 Å². The third-order valence-corrected chi connectivity index (χ3v) is 7.18. The molecule has 1 N–H and O–H groups in total. The molecule has 2 aromatic carbocycles. The smallest absolute Gasteiger partial charge is 0.351 e. The lowest BCUT2D eigenvalue weighted by molar-refractivity contribution is -0.137. The molecule has 0 fully saturated rings. The van der Waals surface area contributed by atoms with Crippen LogP contribution in [0.4, 0.5) is 18.9 Å². The summed E-state index contributed by atoms with van der Waals surface area (Å²) in [4.78, 5) is 12.5. The average molecular weight is 487 g/mol. The molecule has 0 spiro atoms. The highest BCUT2D eigenvalue weighted by molar-refractivity contribution is 7.92. The lowest BCUT2D eigenvalue weighted by Gasteiger charge is -2.25. The van der Waals surface area contributed by atoms with Crippen molar-refractivity contribution in [1.29, 1.82) is 0 Å². The first kappa shape index (κ1) is 24.1. The Bertz CT molecular complexity index is 1100. The standard InChI is InChI=1S/C22H22ClF3N2O3S/c23-20-12-11-17(13-19(20)22(24,25)26)28(32(30,31)18-9-5-2-6-10-18)15-21(29)27-14-16-7-3-1-4-8-16/h2,5-7,9-13H,1,3-4,8,14-15H2,(H,27,29). The Morgan fingerprint density at radius 3 is 2.44 bits per heavy atom. The number of benzene rings is 2. The van der Waals surface area contributed by atoms with E-state index >= 15 is 0 Å². The molecule has 0 unspecified atom stereocenters. The number of nitrogens with one attached hydrogen (secondary N) is 1. The van der Waals surface area contributed by atoms with Gasteiger partial charge in [-0.2, -0.15) is 13.2 Å². The van der Waals surface area contributed by atoms with E-state index < -0.39 is 39.2 Å². The van der Waals surface area contributed by atoms with Crippen LogP contribution in [0, 0.1) is 0 Å². The maximum atomic E-state index is 13.4. The van der Waals surface area contributed by atoms with Crippen molar-refractivity contribution in [2.45, 2.75) is 36.8 Å². The number of allylic oxidation sites excluding steroid dienone is 1. The van der Waals surface area contributed by atoms with Gasteiger partial charge in [0, 0.05) is 6.54 Å². The number of rotatable bonds is 7. The molecular weight excluding hydrogens is 465 g/mol. The van der Waals surface area contributed by atoms with Crippen LogP contribution in [0.15, 0.2) is 65.1 Å². The highest BCUT2D eigenvalue weighted by atomic mass is 35.5. The Morgan fingerprint density at radius 2 is 1.81 bits per heavy atom. The van der Waals surface area contributed by atoms with Crippen LogP contribution >= 0.6 is 11.6 Å². The Morgan fingerprint density at radius 1 is 1.09 bits per heavy atom. The summed E-state index contributed by atoms with van der Waals surface area (Å²) in [5.74, 6) is -0.625. The molecule has 172 valence electrons. The number of halogens is 4. The van der Waals surface area contributed by atoms with E-state index in [1.54, 1.807) is 6.07 Å². The zero-order chi connectivity index (χ0) is 23.4. The summed E-state index contributed by atoms with van der Waals surface area (Å²) in [5.41, 5.74) is -0.441. The molecule has 0 aliphatic heterocycles. The number of sulfonamides is 1. The molecule has 0 radical (unpaired) electrons. The van der Waals surface area contributed by atoms with Crippen molar-refractivity contribution >= 4 is 33.2 Å². The maximum absolute atomic E-state index is 13.4. The Labute approximate surface area is 189 Å². The predicted octanol–water partition coefficient (Wildman–Crippen LogP) is 5.17. The van der Waals surface area contributed by atoms with E-state index in [0.29, 0.717) is 10.4 Å². The van der Waals surface area contributed by atoms with Gasteiger partial charge in [-0.15, -0.1) is 0 Å². The van der Waals surface area contributed by atoms with E-state index in [4.69, 9.17) is 11.6 Å². The van der Waals surface area contributed by atoms with Gasteiger partial charge in [-0.1, -0.05) is 41.4 Å². The van der Waals surface area contributed by atoms with Gasteiger partial charge in [-0.05, 0) is 56.0 Å². The lowest BCUT2D eigenvalue weighted by Crippen LogP contribution is -2.41. The number of hydrogen-bond donors (Lipinski definition) is 1. The van der Waals surface area contributed by atoms with Crippen LogP contribution in [-0.4, -0.2) is 27.4 Å². The first-order chi connectivity index (χ1) is 15.1. The van der Waals surface area contributed by atoms with E-state index in [2.05, 4.69) is 5.32 Å². The third-order valence-electron chi connectivity index (χ3n) is 5.06. The van der Waals surface area contributed by atoms with Gasteiger partial charge in [-0.3, -0.25) is 9.10 Å². The van der Waals surface area contributed by atoms with Crippen LogP contribution in [0.3, 0.4) is 0 Å². The van der Waals surface area contributed by atoms with E-state index in [1.165, 1.54) is 24.3 Å². The highest BCUT2D eigenvalue weighted by Gasteiger charge is 2.35. The molecule has 3 rings (SSSR count). The van der Waals surface area contributed by atoms with Gasteiger partial charge >= 0.3 is 6.18 Å². The number of nitrogens with zero attached hydrogens (tertiary/aromatic N) is 1. The molecule has 0 aromatic heterocycles. The normalized spacial score (nSPS) is 14.6. The lowest BCUT2D eigenvalue weighted by atomic mass is 10.00. The van der Waals surface area contributed by atoms with Crippen LogP contribution in [0.5, 0.6) is 0 Å². The van der Waals surface area contributed by atoms with Crippen molar-refractivity contribution < 1.29 is 26.4 Å². The molecule has 10 heteroatoms. The van der Waals surface area contributed by atoms with Gasteiger partial charge in [0.1, 0.15) is 6.54 Å². The molecule has 0 bridgehead atoms. The van der Waals surface area contributed by atoms with Gasteiger partial charge in [0.2, 0.25) is 5.91 Å². The van der Waals surface area contributed by atoms with E-state index in [9.17, 15) is 26.4 Å². The van der Waals surface area contributed by atoms with E-state index in [-0.39, 0.29) is 17.1 Å². The molecule has 0 saturated heterocycles. The van der Waals surface area contributed by atoms with Crippen molar-refractivity contribution in [2.24, 2.45) is 0 Å². The molecule has 1 aliphatic carbocycles. The molecule has 0 saturated carbocycles. The number of anilines is 1. The largest absolute Gasteiger partial charge is 0.417 e. The van der Waals surface area contributed by atoms with Crippen LogP contribution in [0.1, 0.15) is 31.2 Å². The molecule has 1 amide bonds. The summed E-state index contributed by atoms with van der Waals surface area (Å²) in [6.07, 6.45) is 1.12. The Balaban J connectivity index is 1.93. The quantitative estimate of drug-likeness (QED) is 0.549. The van der Waals surface area contributed by atoms with Crippen molar-refractivity contribution in [3.8, 4) is 0 Å². The first-order valence-corrected chi connectivity index (χ1v) is 11.8. The number of hydrogen-bond acceptors (Lipinski definition) is 3. The molecule has 5 nitrogen and oxygen atoms in total. The summed E-state index contributed by atoms with van der Waals surface area (Å²) in [6.45, 7) is -0.407. The van der Waals surface area contributed by atoms with Crippen LogP contribution in [-0.2, 0) is 21.0 Å². The topological polar surface area (TPSA) is 66.5 Å². The second-order valence-corrected chi connectivity index (χ2v) is 9.64. The molecule has 32 heavy (non-hydrogen) atoms. The molecule has 2 aromatic rings. The summed E-state index contributed by atoms with van der Waals surface area (Å²) in [6, 6.07) is 9.97. The number of amides is 1. The fourth-order valence-corrected chi connectivity index (χ4v) is 5.04. The zero-order valence-electron chi connectivity index (χ0n) is 17.0. The van der Waals surface area contributed by atoms with Crippen molar-refractivity contribution in [3.63, 3.8) is 0 Å². The fourth-order valence-electron chi connectivity index (χ4n) is 3.38. The number of alkyl halides is 3. The van der Waals surface area contributed by atoms with Crippen molar-refractivity contribution in [2.75, 3.05) is 17.4 Å². The second-order valence-electron chi connectivity index (χ2n) is 7.37. The predicted molar refractivity (Wildman–Crippen MR) is 117 cm³/mol. The number of carbonyl (C=O) groups excluding carboxylic acids is 1. The average Bonchev–Trinajstić information content (AvgIpc) is 2.77. The summed E-state index contributed by atoms with van der Waals surface area (Å²) in [5, 5.41) is 2.11.